The minimum Gasteiger partial charge on any atom is -0.423 e. The molecule has 40 heavy (non-hydrogen) atoms. The number of nitrogens with one attached hydrogen (secondary N) is 1. The number of likely N-dealkylation sites (N-methyl/N-ethyl adjacent to an activating group) is 1. The van der Waals surface area contributed by atoms with Gasteiger partial charge in [0.1, 0.15) is 23.4 Å². The van der Waals surface area contributed by atoms with Crippen LogP contribution >= 0.6 is 0 Å². The average Bonchev–Trinajstić information content (AvgIpc) is 3.57. The molecule has 0 radical (unpaired) electrons. The largest absolute Gasteiger partial charge is 0.423 e. The van der Waals surface area contributed by atoms with Crippen molar-refractivity contribution in [1.29, 1.82) is 0 Å². The van der Waals surface area contributed by atoms with Crippen LogP contribution in [0.15, 0.2) is 53.2 Å². The number of anilines is 3. The molecule has 1 aliphatic carbocycles. The second kappa shape index (κ2) is 10.2. The maximum absolute atomic E-state index is 6.40. The van der Waals surface area contributed by atoms with Gasteiger partial charge in [-0.3, -0.25) is 4.90 Å². The van der Waals surface area contributed by atoms with Crippen LogP contribution in [0.2, 0.25) is 0 Å². The zero-order valence-electron chi connectivity index (χ0n) is 23.0. The predicted octanol–water partition coefficient (Wildman–Crippen LogP) is 5.00. The van der Waals surface area contributed by atoms with E-state index < -0.39 is 0 Å². The number of benzene rings is 2. The number of aromatic nitrogens is 5. The molecule has 1 saturated heterocycles. The molecule has 0 spiro atoms. The Hall–Kier alpha value is -4.02. The first kappa shape index (κ1) is 25.0. The number of nitrogens with zero attached hydrogens (tertiary/aromatic N) is 7. The fraction of sp³-hybridized carbons (Fsp3) is 0.400. The number of rotatable bonds is 5. The van der Waals surface area contributed by atoms with Crippen molar-refractivity contribution in [2.45, 2.75) is 44.7 Å². The summed E-state index contributed by atoms with van der Waals surface area (Å²) in [6.45, 7) is 6.68. The molecule has 3 aromatic heterocycles. The van der Waals surface area contributed by atoms with E-state index in [1.807, 2.05) is 49.4 Å². The molecule has 1 aliphatic heterocycles. The van der Waals surface area contributed by atoms with Crippen LogP contribution in [0.4, 0.5) is 17.5 Å². The first-order chi connectivity index (χ1) is 19.5. The summed E-state index contributed by atoms with van der Waals surface area (Å²) < 4.78 is 7.99. The third-order valence-corrected chi connectivity index (χ3v) is 8.61. The molecule has 5 aromatic rings. The molecule has 206 valence electrons. The van der Waals surface area contributed by atoms with Crippen LogP contribution in [0.1, 0.15) is 37.3 Å². The van der Waals surface area contributed by atoms with E-state index in [2.05, 4.69) is 41.8 Å². The summed E-state index contributed by atoms with van der Waals surface area (Å²) in [5.41, 5.74) is 12.6. The van der Waals surface area contributed by atoms with Gasteiger partial charge in [0.05, 0.1) is 11.4 Å². The van der Waals surface area contributed by atoms with Crippen molar-refractivity contribution >= 4 is 39.7 Å². The minimum absolute atomic E-state index is 0.304. The van der Waals surface area contributed by atoms with Crippen LogP contribution < -0.4 is 11.1 Å². The molecule has 2 aliphatic rings. The van der Waals surface area contributed by atoms with Gasteiger partial charge >= 0.3 is 0 Å². The van der Waals surface area contributed by atoms with Gasteiger partial charge in [0.2, 0.25) is 0 Å². The summed E-state index contributed by atoms with van der Waals surface area (Å²) in [5, 5.41) is 9.20. The lowest BCUT2D eigenvalue weighted by molar-refractivity contribution is 0.0815. The topological polar surface area (TPSA) is 114 Å². The Balaban J connectivity index is 1.12. The van der Waals surface area contributed by atoms with Crippen molar-refractivity contribution in [2.24, 2.45) is 0 Å². The fourth-order valence-corrected chi connectivity index (χ4v) is 6.28. The summed E-state index contributed by atoms with van der Waals surface area (Å²) in [6.07, 6.45) is 6.08. The van der Waals surface area contributed by atoms with Crippen molar-refractivity contribution in [2.75, 3.05) is 44.3 Å². The molecule has 1 saturated carbocycles. The summed E-state index contributed by atoms with van der Waals surface area (Å²) in [6, 6.07) is 15.5. The summed E-state index contributed by atoms with van der Waals surface area (Å²) in [5.74, 6) is 0.460. The highest BCUT2D eigenvalue weighted by Crippen LogP contribution is 2.37. The lowest BCUT2D eigenvalue weighted by Gasteiger charge is -2.41. The highest BCUT2D eigenvalue weighted by molar-refractivity contribution is 5.98. The Kier molecular flexibility index (Phi) is 6.36. The SMILES string of the molecule is Cc1cccc2oc(Nc3ccc(-c4nn(C5CCC(N6CCN(C)CC6)CC5)c5ncnc(N)c45)cc3)nc12. The molecule has 0 bridgehead atoms. The molecular weight excluding hydrogens is 502 g/mol. The zero-order valence-corrected chi connectivity index (χ0v) is 23.0. The van der Waals surface area contributed by atoms with Crippen LogP contribution in [-0.2, 0) is 0 Å². The van der Waals surface area contributed by atoms with Gasteiger partial charge in [-0.2, -0.15) is 10.1 Å². The van der Waals surface area contributed by atoms with E-state index in [9.17, 15) is 0 Å². The number of hydrogen-bond donors (Lipinski definition) is 2. The second-order valence-electron chi connectivity index (χ2n) is 11.2. The van der Waals surface area contributed by atoms with Gasteiger partial charge in [-0.15, -0.1) is 0 Å². The normalized spacial score (nSPS) is 20.9. The number of para-hydroxylation sites is 1. The van der Waals surface area contributed by atoms with Gasteiger partial charge in [-0.1, -0.05) is 24.3 Å². The van der Waals surface area contributed by atoms with Crippen LogP contribution in [0.3, 0.4) is 0 Å². The molecule has 0 unspecified atom stereocenters. The van der Waals surface area contributed by atoms with Gasteiger partial charge in [0, 0.05) is 43.5 Å². The summed E-state index contributed by atoms with van der Waals surface area (Å²) in [7, 11) is 2.21. The number of piperazine rings is 1. The number of oxazole rings is 1. The predicted molar refractivity (Wildman–Crippen MR) is 158 cm³/mol. The van der Waals surface area contributed by atoms with Gasteiger partial charge in [0.15, 0.2) is 11.2 Å². The zero-order chi connectivity index (χ0) is 27.2. The fourth-order valence-electron chi connectivity index (χ4n) is 6.28. The molecular formula is C30H35N9O. The molecule has 2 aromatic carbocycles. The Morgan fingerprint density at radius 3 is 2.42 bits per heavy atom. The van der Waals surface area contributed by atoms with Crippen LogP contribution in [0, 0.1) is 6.92 Å². The van der Waals surface area contributed by atoms with E-state index in [1.165, 1.54) is 25.9 Å². The molecule has 0 amide bonds. The Morgan fingerprint density at radius 2 is 1.68 bits per heavy atom. The van der Waals surface area contributed by atoms with Crippen molar-refractivity contribution < 1.29 is 4.42 Å². The highest BCUT2D eigenvalue weighted by Gasteiger charge is 2.30. The number of nitrogens with two attached hydrogens (primary N) is 1. The number of hydrogen-bond acceptors (Lipinski definition) is 9. The van der Waals surface area contributed by atoms with Crippen molar-refractivity contribution in [3.05, 3.63) is 54.4 Å². The van der Waals surface area contributed by atoms with E-state index in [1.54, 1.807) is 6.33 Å². The van der Waals surface area contributed by atoms with Gasteiger partial charge in [0.25, 0.3) is 6.01 Å². The van der Waals surface area contributed by atoms with E-state index in [-0.39, 0.29) is 0 Å². The van der Waals surface area contributed by atoms with Crippen LogP contribution in [0.5, 0.6) is 0 Å². The first-order valence-electron chi connectivity index (χ1n) is 14.2. The van der Waals surface area contributed by atoms with Gasteiger partial charge < -0.3 is 20.4 Å². The maximum Gasteiger partial charge on any atom is 0.300 e. The Bertz CT molecular complexity index is 1640. The number of fused-ring (bicyclic) bond motifs is 2. The van der Waals surface area contributed by atoms with Gasteiger partial charge in [-0.25, -0.2) is 14.6 Å². The van der Waals surface area contributed by atoms with E-state index >= 15 is 0 Å². The Morgan fingerprint density at radius 1 is 0.925 bits per heavy atom. The standard InChI is InChI=1S/C30H35N9O/c1-19-4-3-5-24-26(19)35-30(40-24)34-21-8-6-20(7-9-21)27-25-28(31)32-18-33-29(25)39(36-27)23-12-10-22(11-13-23)38-16-14-37(2)15-17-38/h3-9,18,22-23H,10-17H2,1-2H3,(H,34,35)(H2,31,32,33). The molecule has 10 nitrogen and oxygen atoms in total. The third-order valence-electron chi connectivity index (χ3n) is 8.61. The smallest absolute Gasteiger partial charge is 0.300 e. The second-order valence-corrected chi connectivity index (χ2v) is 11.2. The highest BCUT2D eigenvalue weighted by atomic mass is 16.4. The molecule has 3 N–H and O–H groups in total. The van der Waals surface area contributed by atoms with E-state index in [4.69, 9.17) is 15.2 Å². The lowest BCUT2D eigenvalue weighted by Crippen LogP contribution is -2.49. The molecule has 10 heteroatoms. The third kappa shape index (κ3) is 4.56. The quantitative estimate of drug-likeness (QED) is 0.320. The van der Waals surface area contributed by atoms with Crippen molar-refractivity contribution in [3.8, 4) is 11.3 Å². The number of nitrogen functional groups attached to an aromatic ring is 1. The Labute approximate surface area is 233 Å². The maximum atomic E-state index is 6.40. The molecule has 4 heterocycles. The van der Waals surface area contributed by atoms with Crippen LogP contribution in [-0.4, -0.2) is 73.8 Å². The summed E-state index contributed by atoms with van der Waals surface area (Å²) in [4.78, 5) is 18.6. The molecule has 7 rings (SSSR count). The van der Waals surface area contributed by atoms with Crippen molar-refractivity contribution in [3.63, 3.8) is 0 Å². The van der Waals surface area contributed by atoms with Crippen molar-refractivity contribution in [1.82, 2.24) is 34.5 Å². The van der Waals surface area contributed by atoms with Crippen LogP contribution in [0.25, 0.3) is 33.4 Å². The minimum atomic E-state index is 0.304. The van der Waals surface area contributed by atoms with E-state index in [0.717, 1.165) is 70.6 Å². The summed E-state index contributed by atoms with van der Waals surface area (Å²) >= 11 is 0. The lowest BCUT2D eigenvalue weighted by atomic mass is 9.90. The van der Waals surface area contributed by atoms with Gasteiger partial charge in [-0.05, 0) is 63.4 Å². The molecule has 0 atom stereocenters. The number of aryl methyl sites for hydroxylation is 1. The average molecular weight is 538 g/mol. The first-order valence-corrected chi connectivity index (χ1v) is 14.2. The van der Waals surface area contributed by atoms with E-state index in [0.29, 0.717) is 23.9 Å². The monoisotopic (exact) mass is 537 g/mol. The molecule has 2 fully saturated rings.